The average molecular weight is 340 g/mol. The maximum absolute atomic E-state index is 12.6. The van der Waals surface area contributed by atoms with Crippen molar-refractivity contribution < 1.29 is 9.53 Å². The van der Waals surface area contributed by atoms with Crippen LogP contribution in [0.2, 0.25) is 0 Å². The van der Waals surface area contributed by atoms with Crippen LogP contribution < -0.4 is 10.1 Å². The number of carbonyl (C=O) groups excluding carboxylic acids is 1. The number of urea groups is 1. The number of ether oxygens (including phenoxy) is 1. The molecule has 134 valence electrons. The summed E-state index contributed by atoms with van der Waals surface area (Å²) in [6.45, 7) is 7.38. The summed E-state index contributed by atoms with van der Waals surface area (Å²) in [4.78, 5) is 14.4. The number of likely N-dealkylation sites (N-methyl/N-ethyl adjacent to an activating group) is 1. The highest BCUT2D eigenvalue weighted by Gasteiger charge is 2.18. The van der Waals surface area contributed by atoms with Gasteiger partial charge in [-0.05, 0) is 50.5 Å². The van der Waals surface area contributed by atoms with E-state index >= 15 is 0 Å². The minimum atomic E-state index is -0.0231. The first-order valence-electron chi connectivity index (χ1n) is 8.76. The van der Waals surface area contributed by atoms with Gasteiger partial charge in [-0.2, -0.15) is 0 Å². The summed E-state index contributed by atoms with van der Waals surface area (Å²) < 4.78 is 5.19. The molecule has 0 aliphatic carbocycles. The van der Waals surface area contributed by atoms with Crippen molar-refractivity contribution >= 4 is 6.03 Å². The number of carbonyl (C=O) groups is 1. The van der Waals surface area contributed by atoms with Crippen LogP contribution in [0, 0.1) is 6.92 Å². The van der Waals surface area contributed by atoms with E-state index in [4.69, 9.17) is 4.74 Å². The number of benzene rings is 2. The lowest BCUT2D eigenvalue weighted by atomic mass is 10.1. The number of nitrogens with one attached hydrogen (secondary N) is 1. The highest BCUT2D eigenvalue weighted by Crippen LogP contribution is 2.15. The fraction of sp³-hybridized carbons (Fsp3) is 0.381. The lowest BCUT2D eigenvalue weighted by Gasteiger charge is -2.28. The molecular weight excluding hydrogens is 312 g/mol. The van der Waals surface area contributed by atoms with E-state index in [-0.39, 0.29) is 12.1 Å². The zero-order valence-corrected chi connectivity index (χ0v) is 15.6. The molecule has 2 amide bonds. The van der Waals surface area contributed by atoms with E-state index in [9.17, 15) is 4.79 Å². The highest BCUT2D eigenvalue weighted by atomic mass is 16.5. The van der Waals surface area contributed by atoms with E-state index < -0.39 is 0 Å². The van der Waals surface area contributed by atoms with Gasteiger partial charge in [-0.1, -0.05) is 42.0 Å². The maximum Gasteiger partial charge on any atom is 0.317 e. The van der Waals surface area contributed by atoms with Gasteiger partial charge in [-0.3, -0.25) is 0 Å². The summed E-state index contributed by atoms with van der Waals surface area (Å²) in [5.41, 5.74) is 3.51. The molecule has 0 saturated heterocycles. The molecule has 0 aliphatic rings. The Bertz CT molecular complexity index is 683. The Morgan fingerprint density at radius 3 is 2.48 bits per heavy atom. The smallest absolute Gasteiger partial charge is 0.317 e. The van der Waals surface area contributed by atoms with Crippen LogP contribution in [0.1, 0.15) is 30.5 Å². The fourth-order valence-corrected chi connectivity index (χ4v) is 2.97. The van der Waals surface area contributed by atoms with Gasteiger partial charge in [0.1, 0.15) is 5.75 Å². The molecule has 2 aromatic carbocycles. The van der Waals surface area contributed by atoms with Crippen LogP contribution >= 0.6 is 0 Å². The lowest BCUT2D eigenvalue weighted by molar-refractivity contribution is 0.181. The van der Waals surface area contributed by atoms with Crippen molar-refractivity contribution in [1.29, 1.82) is 0 Å². The SMILES string of the molecule is CCN(C(=O)NCc1cccc(C)c1)C(C)Cc1ccc(OC)cc1. The molecule has 4 heteroatoms. The van der Waals surface area contributed by atoms with Crippen molar-refractivity contribution in [2.75, 3.05) is 13.7 Å². The summed E-state index contributed by atoms with van der Waals surface area (Å²) in [7, 11) is 1.66. The summed E-state index contributed by atoms with van der Waals surface area (Å²) >= 11 is 0. The second kappa shape index (κ2) is 9.11. The number of methoxy groups -OCH3 is 1. The standard InChI is InChI=1S/C21H28N2O2/c1-5-23(17(3)14-18-9-11-20(25-4)12-10-18)21(24)22-15-19-8-6-7-16(2)13-19/h6-13,17H,5,14-15H2,1-4H3,(H,22,24). The van der Waals surface area contributed by atoms with E-state index in [1.807, 2.05) is 48.2 Å². The Balaban J connectivity index is 1.93. The van der Waals surface area contributed by atoms with Gasteiger partial charge in [-0.15, -0.1) is 0 Å². The van der Waals surface area contributed by atoms with Gasteiger partial charge in [0.15, 0.2) is 0 Å². The lowest BCUT2D eigenvalue weighted by Crippen LogP contribution is -2.45. The van der Waals surface area contributed by atoms with Gasteiger partial charge in [0.2, 0.25) is 0 Å². The third-order valence-electron chi connectivity index (χ3n) is 4.35. The first-order chi connectivity index (χ1) is 12.0. The fourth-order valence-electron chi connectivity index (χ4n) is 2.97. The van der Waals surface area contributed by atoms with Gasteiger partial charge in [0.25, 0.3) is 0 Å². The van der Waals surface area contributed by atoms with Crippen molar-refractivity contribution in [3.8, 4) is 5.75 Å². The summed E-state index contributed by atoms with van der Waals surface area (Å²) in [5.74, 6) is 0.847. The topological polar surface area (TPSA) is 41.6 Å². The molecule has 0 aliphatic heterocycles. The molecule has 0 spiro atoms. The third-order valence-corrected chi connectivity index (χ3v) is 4.35. The number of rotatable bonds is 7. The van der Waals surface area contributed by atoms with Crippen molar-refractivity contribution in [2.45, 2.75) is 39.8 Å². The molecular formula is C21H28N2O2. The normalized spacial score (nSPS) is 11.7. The Morgan fingerprint density at radius 2 is 1.88 bits per heavy atom. The zero-order valence-electron chi connectivity index (χ0n) is 15.6. The predicted molar refractivity (Wildman–Crippen MR) is 102 cm³/mol. The summed E-state index contributed by atoms with van der Waals surface area (Å²) in [6.07, 6.45) is 0.815. The molecule has 0 saturated carbocycles. The van der Waals surface area contributed by atoms with Crippen molar-refractivity contribution in [3.63, 3.8) is 0 Å². The Labute approximate surface area is 150 Å². The summed E-state index contributed by atoms with van der Waals surface area (Å²) in [6, 6.07) is 16.3. The number of hydrogen-bond acceptors (Lipinski definition) is 2. The molecule has 4 nitrogen and oxygen atoms in total. The first-order valence-corrected chi connectivity index (χ1v) is 8.76. The minimum Gasteiger partial charge on any atom is -0.497 e. The van der Waals surface area contributed by atoms with Crippen LogP contribution in [0.3, 0.4) is 0 Å². The molecule has 25 heavy (non-hydrogen) atoms. The molecule has 0 fully saturated rings. The van der Waals surface area contributed by atoms with Crippen molar-refractivity contribution in [2.24, 2.45) is 0 Å². The molecule has 2 rings (SSSR count). The van der Waals surface area contributed by atoms with Gasteiger partial charge < -0.3 is 15.0 Å². The van der Waals surface area contributed by atoms with Crippen molar-refractivity contribution in [1.82, 2.24) is 10.2 Å². The molecule has 0 heterocycles. The molecule has 2 aromatic rings. The molecule has 1 unspecified atom stereocenters. The Kier molecular flexibility index (Phi) is 6.87. The average Bonchev–Trinajstić information content (AvgIpc) is 2.61. The number of nitrogens with zero attached hydrogens (tertiary/aromatic N) is 1. The minimum absolute atomic E-state index is 0.0231. The van der Waals surface area contributed by atoms with Crippen LogP contribution in [0.25, 0.3) is 0 Å². The largest absolute Gasteiger partial charge is 0.497 e. The second-order valence-electron chi connectivity index (χ2n) is 6.33. The molecule has 1 atom stereocenters. The predicted octanol–water partition coefficient (Wildman–Crippen LogP) is 4.17. The van der Waals surface area contributed by atoms with E-state index in [1.54, 1.807) is 7.11 Å². The zero-order chi connectivity index (χ0) is 18.2. The van der Waals surface area contributed by atoms with Crippen molar-refractivity contribution in [3.05, 3.63) is 65.2 Å². The van der Waals surface area contributed by atoms with Gasteiger partial charge in [-0.25, -0.2) is 4.79 Å². The van der Waals surface area contributed by atoms with Gasteiger partial charge in [0.05, 0.1) is 7.11 Å². The van der Waals surface area contributed by atoms with Crippen LogP contribution in [0.5, 0.6) is 5.75 Å². The van der Waals surface area contributed by atoms with Gasteiger partial charge >= 0.3 is 6.03 Å². The molecule has 1 N–H and O–H groups in total. The van der Waals surface area contributed by atoms with Crippen LogP contribution in [-0.4, -0.2) is 30.6 Å². The van der Waals surface area contributed by atoms with E-state index in [1.165, 1.54) is 11.1 Å². The van der Waals surface area contributed by atoms with E-state index in [0.717, 1.165) is 17.7 Å². The van der Waals surface area contributed by atoms with Crippen LogP contribution in [-0.2, 0) is 13.0 Å². The molecule has 0 bridgehead atoms. The quantitative estimate of drug-likeness (QED) is 0.822. The molecule has 0 radical (unpaired) electrons. The first kappa shape index (κ1) is 18.8. The monoisotopic (exact) mass is 340 g/mol. The van der Waals surface area contributed by atoms with Crippen LogP contribution in [0.15, 0.2) is 48.5 Å². The number of amides is 2. The second-order valence-corrected chi connectivity index (χ2v) is 6.33. The highest BCUT2D eigenvalue weighted by molar-refractivity contribution is 5.74. The summed E-state index contributed by atoms with van der Waals surface area (Å²) in [5, 5.41) is 3.03. The number of hydrogen-bond donors (Lipinski definition) is 1. The van der Waals surface area contributed by atoms with Crippen LogP contribution in [0.4, 0.5) is 4.79 Å². The van der Waals surface area contributed by atoms with Gasteiger partial charge in [0, 0.05) is 19.1 Å². The number of aryl methyl sites for hydroxylation is 1. The Hall–Kier alpha value is -2.49. The maximum atomic E-state index is 12.6. The van der Waals surface area contributed by atoms with E-state index in [0.29, 0.717) is 13.1 Å². The van der Waals surface area contributed by atoms with E-state index in [2.05, 4.69) is 31.3 Å². The molecule has 0 aromatic heterocycles. The third kappa shape index (κ3) is 5.52. The Morgan fingerprint density at radius 1 is 1.16 bits per heavy atom.